The molecule has 2 aromatic heterocycles. The molecule has 182 valence electrons. The summed E-state index contributed by atoms with van der Waals surface area (Å²) in [5, 5.41) is 18.9. The zero-order chi connectivity index (χ0) is 24.6. The minimum atomic E-state index is -1.03. The van der Waals surface area contributed by atoms with Crippen molar-refractivity contribution >= 4 is 11.5 Å². The number of likely N-dealkylation sites (tertiary alicyclic amines) is 1. The molecule has 3 aromatic rings. The molecule has 0 radical (unpaired) electrons. The first-order chi connectivity index (χ1) is 16.8. The van der Waals surface area contributed by atoms with E-state index in [1.54, 1.807) is 38.4 Å². The van der Waals surface area contributed by atoms with Crippen molar-refractivity contribution in [3.8, 4) is 11.1 Å². The molecule has 2 aliphatic rings. The highest BCUT2D eigenvalue weighted by Gasteiger charge is 2.25. The molecule has 0 spiro atoms. The summed E-state index contributed by atoms with van der Waals surface area (Å²) in [4.78, 5) is 11.5. The van der Waals surface area contributed by atoms with E-state index >= 15 is 0 Å². The van der Waals surface area contributed by atoms with Crippen molar-refractivity contribution < 1.29 is 5.11 Å². The van der Waals surface area contributed by atoms with Gasteiger partial charge in [-0.2, -0.15) is 0 Å². The molecule has 1 atom stereocenters. The summed E-state index contributed by atoms with van der Waals surface area (Å²) in [5.74, 6) is 0.327. The Hall–Kier alpha value is -3.09. The molecule has 3 heterocycles. The van der Waals surface area contributed by atoms with Crippen molar-refractivity contribution in [1.29, 1.82) is 5.41 Å². The Labute approximate surface area is 207 Å². The Morgan fingerprint density at radius 1 is 0.971 bits per heavy atom. The molecular weight excluding hydrogens is 434 g/mol. The molecule has 1 saturated heterocycles. The standard InChI is InChI=1S/C29H35N5O/c1-29(2,35)26-12-9-22(17-32-26)27(30)25-16-23(18-33-28(25)31)21-6-5-19-7-10-24(11-8-20(19)15-21)34-13-3-4-14-34/h5-6,9,12,15-18,24,30,35H,3-4,7-8,10-11,13-14H2,1-2H3,(H2,31,33). The van der Waals surface area contributed by atoms with Gasteiger partial charge in [0, 0.05) is 35.1 Å². The Morgan fingerprint density at radius 3 is 2.40 bits per heavy atom. The number of pyridine rings is 2. The molecule has 0 amide bonds. The van der Waals surface area contributed by atoms with E-state index in [2.05, 4.69) is 33.1 Å². The summed E-state index contributed by atoms with van der Waals surface area (Å²) < 4.78 is 0. The lowest BCUT2D eigenvalue weighted by molar-refractivity contribution is 0.0738. The Morgan fingerprint density at radius 2 is 1.71 bits per heavy atom. The van der Waals surface area contributed by atoms with Crippen LogP contribution in [0.3, 0.4) is 0 Å². The number of hydrogen-bond acceptors (Lipinski definition) is 6. The number of fused-ring (bicyclic) bond motifs is 1. The highest BCUT2D eigenvalue weighted by molar-refractivity contribution is 6.13. The predicted octanol–water partition coefficient (Wildman–Crippen LogP) is 4.71. The van der Waals surface area contributed by atoms with Crippen molar-refractivity contribution in [2.24, 2.45) is 0 Å². The maximum atomic E-state index is 10.2. The van der Waals surface area contributed by atoms with Gasteiger partial charge in [-0.25, -0.2) is 4.98 Å². The van der Waals surface area contributed by atoms with E-state index in [-0.39, 0.29) is 5.71 Å². The number of nitrogens with one attached hydrogen (secondary N) is 1. The van der Waals surface area contributed by atoms with Gasteiger partial charge in [-0.15, -0.1) is 0 Å². The minimum Gasteiger partial charge on any atom is -0.384 e. The van der Waals surface area contributed by atoms with Crippen molar-refractivity contribution in [2.75, 3.05) is 18.8 Å². The fourth-order valence-corrected chi connectivity index (χ4v) is 5.44. The summed E-state index contributed by atoms with van der Waals surface area (Å²) in [6, 6.07) is 13.0. The van der Waals surface area contributed by atoms with Gasteiger partial charge in [0.1, 0.15) is 11.4 Å². The molecule has 6 heteroatoms. The van der Waals surface area contributed by atoms with Crippen molar-refractivity contribution in [2.45, 2.75) is 64.0 Å². The molecule has 5 rings (SSSR count). The van der Waals surface area contributed by atoms with E-state index in [4.69, 9.17) is 11.1 Å². The van der Waals surface area contributed by atoms with Gasteiger partial charge in [0.15, 0.2) is 0 Å². The number of nitrogens with two attached hydrogens (primary N) is 1. The average Bonchev–Trinajstić information content (AvgIpc) is 3.30. The van der Waals surface area contributed by atoms with Crippen LogP contribution in [0.1, 0.15) is 67.5 Å². The molecule has 6 nitrogen and oxygen atoms in total. The Bertz CT molecular complexity index is 1220. The van der Waals surface area contributed by atoms with Crippen molar-refractivity contribution in [3.63, 3.8) is 0 Å². The molecule has 1 aromatic carbocycles. The van der Waals surface area contributed by atoms with Crippen LogP contribution in [0, 0.1) is 5.41 Å². The largest absolute Gasteiger partial charge is 0.384 e. The number of nitrogen functional groups attached to an aromatic ring is 1. The number of aromatic nitrogens is 2. The van der Waals surface area contributed by atoms with E-state index < -0.39 is 5.60 Å². The zero-order valence-corrected chi connectivity index (χ0v) is 20.7. The summed E-state index contributed by atoms with van der Waals surface area (Å²) in [6.07, 6.45) is 10.8. The van der Waals surface area contributed by atoms with Gasteiger partial charge in [0.2, 0.25) is 0 Å². The fraction of sp³-hybridized carbons (Fsp3) is 0.414. The fourth-order valence-electron chi connectivity index (χ4n) is 5.44. The summed E-state index contributed by atoms with van der Waals surface area (Å²) >= 11 is 0. The second-order valence-corrected chi connectivity index (χ2v) is 10.5. The van der Waals surface area contributed by atoms with Gasteiger partial charge >= 0.3 is 0 Å². The molecule has 0 saturated carbocycles. The summed E-state index contributed by atoms with van der Waals surface area (Å²) in [5.41, 5.74) is 12.2. The number of hydrogen-bond donors (Lipinski definition) is 3. The van der Waals surface area contributed by atoms with E-state index in [1.165, 1.54) is 49.9 Å². The maximum Gasteiger partial charge on any atom is 0.132 e. The molecular formula is C29H35N5O. The van der Waals surface area contributed by atoms with Crippen LogP contribution >= 0.6 is 0 Å². The molecule has 0 bridgehead atoms. The third-order valence-electron chi connectivity index (χ3n) is 7.56. The van der Waals surface area contributed by atoms with E-state index in [0.717, 1.165) is 24.0 Å². The quantitative estimate of drug-likeness (QED) is 0.371. The van der Waals surface area contributed by atoms with Gasteiger partial charge < -0.3 is 15.7 Å². The Kier molecular flexibility index (Phi) is 6.43. The van der Waals surface area contributed by atoms with Gasteiger partial charge in [-0.3, -0.25) is 10.4 Å². The zero-order valence-electron chi connectivity index (χ0n) is 20.7. The predicted molar refractivity (Wildman–Crippen MR) is 141 cm³/mol. The smallest absolute Gasteiger partial charge is 0.132 e. The number of aliphatic hydroxyl groups is 1. The highest BCUT2D eigenvalue weighted by atomic mass is 16.3. The normalized spacial score (nSPS) is 18.8. The van der Waals surface area contributed by atoms with Crippen molar-refractivity contribution in [1.82, 2.24) is 14.9 Å². The average molecular weight is 470 g/mol. The monoisotopic (exact) mass is 469 g/mol. The summed E-state index contributed by atoms with van der Waals surface area (Å²) in [7, 11) is 0. The third-order valence-corrected chi connectivity index (χ3v) is 7.56. The van der Waals surface area contributed by atoms with Crippen LogP contribution in [0.4, 0.5) is 5.82 Å². The minimum absolute atomic E-state index is 0.273. The second-order valence-electron chi connectivity index (χ2n) is 10.5. The Balaban J connectivity index is 1.39. The lowest BCUT2D eigenvalue weighted by atomic mass is 9.95. The van der Waals surface area contributed by atoms with Crippen LogP contribution in [0.2, 0.25) is 0 Å². The van der Waals surface area contributed by atoms with Crippen LogP contribution in [-0.2, 0) is 18.4 Å². The third kappa shape index (κ3) is 5.00. The molecule has 1 fully saturated rings. The number of aryl methyl sites for hydroxylation is 2. The van der Waals surface area contributed by atoms with Gasteiger partial charge in [-0.05, 0) is 100 Å². The molecule has 1 aliphatic carbocycles. The lowest BCUT2D eigenvalue weighted by Crippen LogP contribution is -2.32. The topological polar surface area (TPSA) is 99.1 Å². The van der Waals surface area contributed by atoms with Gasteiger partial charge in [0.05, 0.1) is 11.4 Å². The van der Waals surface area contributed by atoms with E-state index in [0.29, 0.717) is 28.7 Å². The van der Waals surface area contributed by atoms with Gasteiger partial charge in [0.25, 0.3) is 0 Å². The second kappa shape index (κ2) is 9.51. The molecule has 4 N–H and O–H groups in total. The first-order valence-electron chi connectivity index (χ1n) is 12.7. The van der Waals surface area contributed by atoms with Crippen LogP contribution in [0.25, 0.3) is 11.1 Å². The number of anilines is 1. The number of benzene rings is 1. The van der Waals surface area contributed by atoms with Crippen molar-refractivity contribution in [3.05, 3.63) is 76.7 Å². The highest BCUT2D eigenvalue weighted by Crippen LogP contribution is 2.31. The van der Waals surface area contributed by atoms with Crippen LogP contribution < -0.4 is 5.73 Å². The molecule has 35 heavy (non-hydrogen) atoms. The number of nitrogens with zero attached hydrogens (tertiary/aromatic N) is 3. The summed E-state index contributed by atoms with van der Waals surface area (Å²) in [6.45, 7) is 5.90. The first kappa shape index (κ1) is 23.6. The first-order valence-corrected chi connectivity index (χ1v) is 12.7. The van der Waals surface area contributed by atoms with E-state index in [1.807, 2.05) is 6.07 Å². The molecule has 1 aliphatic heterocycles. The van der Waals surface area contributed by atoms with Crippen LogP contribution in [0.15, 0.2) is 48.8 Å². The van der Waals surface area contributed by atoms with Gasteiger partial charge in [-0.1, -0.05) is 18.2 Å². The van der Waals surface area contributed by atoms with E-state index in [9.17, 15) is 5.11 Å². The number of rotatable bonds is 5. The maximum absolute atomic E-state index is 10.2. The molecule has 1 unspecified atom stereocenters. The van der Waals surface area contributed by atoms with Crippen LogP contribution in [-0.4, -0.2) is 44.8 Å². The lowest BCUT2D eigenvalue weighted by Gasteiger charge is -2.26. The SMILES string of the molecule is CC(C)(O)c1ccc(C(=N)c2cc(-c3ccc4c(c3)CCC(N3CCCC3)CC4)cnc2N)cn1. The van der Waals surface area contributed by atoms with Crippen LogP contribution in [0.5, 0.6) is 0 Å².